The van der Waals surface area contributed by atoms with Crippen molar-refractivity contribution >= 4 is 0 Å². The first-order chi connectivity index (χ1) is 12.2. The molecule has 0 spiro atoms. The van der Waals surface area contributed by atoms with Crippen molar-refractivity contribution in [1.29, 1.82) is 0 Å². The molecule has 0 unspecified atom stereocenters. The zero-order valence-electron chi connectivity index (χ0n) is 14.3. The molecule has 0 amide bonds. The number of fused-ring (bicyclic) bond motifs is 1. The normalized spacial score (nSPS) is 19.0. The fourth-order valence-corrected chi connectivity index (χ4v) is 3.98. The summed E-state index contributed by atoms with van der Waals surface area (Å²) < 4.78 is 26.4. The van der Waals surface area contributed by atoms with Crippen LogP contribution in [0.5, 0.6) is 0 Å². The van der Waals surface area contributed by atoms with Gasteiger partial charge in [0.2, 0.25) is 0 Å². The lowest BCUT2D eigenvalue weighted by atomic mass is 9.88. The first kappa shape index (κ1) is 16.6. The number of rotatable bonds is 3. The van der Waals surface area contributed by atoms with Gasteiger partial charge in [-0.2, -0.15) is 0 Å². The Morgan fingerprint density at radius 3 is 2.72 bits per heavy atom. The summed E-state index contributed by atoms with van der Waals surface area (Å²) in [6, 6.07) is 4.13. The van der Waals surface area contributed by atoms with Gasteiger partial charge in [-0.1, -0.05) is 25.3 Å². The Bertz CT molecular complexity index is 757. The van der Waals surface area contributed by atoms with Crippen LogP contribution in [-0.4, -0.2) is 21.4 Å². The predicted molar refractivity (Wildman–Crippen MR) is 92.0 cm³/mol. The third kappa shape index (κ3) is 3.71. The average Bonchev–Trinajstić information content (AvgIpc) is 2.65. The molecule has 1 aromatic carbocycles. The van der Waals surface area contributed by atoms with Crippen molar-refractivity contribution in [2.75, 3.05) is 6.54 Å². The minimum absolute atomic E-state index is 0.527. The van der Waals surface area contributed by atoms with Gasteiger partial charge < -0.3 is 0 Å². The van der Waals surface area contributed by atoms with Gasteiger partial charge in [-0.25, -0.2) is 18.7 Å². The quantitative estimate of drug-likeness (QED) is 0.829. The molecule has 1 aliphatic carbocycles. The molecule has 2 aliphatic rings. The number of benzene rings is 1. The van der Waals surface area contributed by atoms with E-state index < -0.39 is 11.6 Å². The lowest BCUT2D eigenvalue weighted by Crippen LogP contribution is -2.31. The van der Waals surface area contributed by atoms with E-state index in [4.69, 9.17) is 4.98 Å². The summed E-state index contributed by atoms with van der Waals surface area (Å²) in [6.45, 7) is 2.26. The number of hydrogen-bond acceptors (Lipinski definition) is 3. The Morgan fingerprint density at radius 1 is 1.08 bits per heavy atom. The van der Waals surface area contributed by atoms with Gasteiger partial charge in [0.25, 0.3) is 0 Å². The smallest absolute Gasteiger partial charge is 0.159 e. The Balaban J connectivity index is 1.45. The molecule has 2 aromatic rings. The first-order valence-corrected chi connectivity index (χ1v) is 9.20. The van der Waals surface area contributed by atoms with Gasteiger partial charge in [0.1, 0.15) is 5.82 Å². The van der Waals surface area contributed by atoms with Crippen LogP contribution in [0.3, 0.4) is 0 Å². The molecule has 1 aromatic heterocycles. The summed E-state index contributed by atoms with van der Waals surface area (Å²) in [5.74, 6) is -0.0291. The van der Waals surface area contributed by atoms with Crippen LogP contribution in [0, 0.1) is 11.6 Å². The molecular formula is C20H23F2N3. The summed E-state index contributed by atoms with van der Waals surface area (Å²) in [7, 11) is 0. The minimum Gasteiger partial charge on any atom is -0.294 e. The highest BCUT2D eigenvalue weighted by Crippen LogP contribution is 2.31. The summed E-state index contributed by atoms with van der Waals surface area (Å²) >= 11 is 0. The Morgan fingerprint density at radius 2 is 1.92 bits per heavy atom. The highest BCUT2D eigenvalue weighted by atomic mass is 19.2. The molecule has 5 heteroatoms. The standard InChI is InChI=1S/C20H23F2N3/c21-17-7-6-14(10-18(17)22)12-25-9-8-19-16(13-25)11-23-20(24-19)15-4-2-1-3-5-15/h6-7,10-11,15H,1-5,8-9,12-13H2. The molecule has 1 aliphatic heterocycles. The molecule has 0 N–H and O–H groups in total. The minimum atomic E-state index is -0.795. The van der Waals surface area contributed by atoms with Gasteiger partial charge in [0, 0.05) is 49.4 Å². The maximum absolute atomic E-state index is 13.4. The van der Waals surface area contributed by atoms with E-state index in [2.05, 4.69) is 9.88 Å². The van der Waals surface area contributed by atoms with Crippen LogP contribution >= 0.6 is 0 Å². The van der Waals surface area contributed by atoms with E-state index >= 15 is 0 Å². The molecule has 0 atom stereocenters. The molecule has 25 heavy (non-hydrogen) atoms. The second-order valence-electron chi connectivity index (χ2n) is 7.24. The first-order valence-electron chi connectivity index (χ1n) is 9.20. The molecule has 4 rings (SSSR count). The van der Waals surface area contributed by atoms with Crippen LogP contribution in [0.4, 0.5) is 8.78 Å². The van der Waals surface area contributed by atoms with Gasteiger partial charge in [0.15, 0.2) is 11.6 Å². The zero-order valence-corrected chi connectivity index (χ0v) is 14.3. The van der Waals surface area contributed by atoms with E-state index in [0.29, 0.717) is 12.5 Å². The third-order valence-corrected chi connectivity index (χ3v) is 5.39. The van der Waals surface area contributed by atoms with Crippen LogP contribution in [0.2, 0.25) is 0 Å². The van der Waals surface area contributed by atoms with Gasteiger partial charge in [-0.15, -0.1) is 0 Å². The van der Waals surface area contributed by atoms with Gasteiger partial charge in [0.05, 0.1) is 0 Å². The van der Waals surface area contributed by atoms with Crippen molar-refractivity contribution in [3.63, 3.8) is 0 Å². The topological polar surface area (TPSA) is 29.0 Å². The fourth-order valence-electron chi connectivity index (χ4n) is 3.98. The summed E-state index contributed by atoms with van der Waals surface area (Å²) in [5, 5.41) is 0. The molecule has 0 saturated heterocycles. The van der Waals surface area contributed by atoms with Crippen LogP contribution in [0.15, 0.2) is 24.4 Å². The van der Waals surface area contributed by atoms with Crippen LogP contribution in [0.25, 0.3) is 0 Å². The number of nitrogens with zero attached hydrogens (tertiary/aromatic N) is 3. The lowest BCUT2D eigenvalue weighted by Gasteiger charge is -2.29. The number of halogens is 2. The summed E-state index contributed by atoms with van der Waals surface area (Å²) in [5.41, 5.74) is 3.12. The van der Waals surface area contributed by atoms with E-state index in [1.54, 1.807) is 6.07 Å². The number of aromatic nitrogens is 2. The summed E-state index contributed by atoms with van der Waals surface area (Å²) in [6.07, 6.45) is 9.19. The van der Waals surface area contributed by atoms with E-state index in [-0.39, 0.29) is 0 Å². The maximum Gasteiger partial charge on any atom is 0.159 e. The lowest BCUT2D eigenvalue weighted by molar-refractivity contribution is 0.241. The van der Waals surface area contributed by atoms with Crippen molar-refractivity contribution in [3.8, 4) is 0 Å². The van der Waals surface area contributed by atoms with E-state index in [1.165, 1.54) is 44.2 Å². The van der Waals surface area contributed by atoms with Crippen LogP contribution in [-0.2, 0) is 19.5 Å². The molecule has 1 saturated carbocycles. The molecular weight excluding hydrogens is 320 g/mol. The predicted octanol–water partition coefficient (Wildman–Crippen LogP) is 4.36. The second kappa shape index (κ2) is 7.16. The van der Waals surface area contributed by atoms with Gasteiger partial charge >= 0.3 is 0 Å². The van der Waals surface area contributed by atoms with Crippen molar-refractivity contribution in [1.82, 2.24) is 14.9 Å². The average molecular weight is 343 g/mol. The molecule has 2 heterocycles. The molecule has 132 valence electrons. The molecule has 0 bridgehead atoms. The van der Waals surface area contributed by atoms with Crippen molar-refractivity contribution < 1.29 is 8.78 Å². The Kier molecular flexibility index (Phi) is 4.75. The van der Waals surface area contributed by atoms with Gasteiger partial charge in [-0.3, -0.25) is 4.90 Å². The fraction of sp³-hybridized carbons (Fsp3) is 0.500. The molecule has 0 radical (unpaired) electrons. The van der Waals surface area contributed by atoms with Crippen molar-refractivity contribution in [2.24, 2.45) is 0 Å². The third-order valence-electron chi connectivity index (χ3n) is 5.39. The van der Waals surface area contributed by atoms with E-state index in [9.17, 15) is 8.78 Å². The van der Waals surface area contributed by atoms with Crippen molar-refractivity contribution in [2.45, 2.75) is 57.5 Å². The highest BCUT2D eigenvalue weighted by Gasteiger charge is 2.22. The van der Waals surface area contributed by atoms with Crippen molar-refractivity contribution in [3.05, 3.63) is 58.7 Å². The van der Waals surface area contributed by atoms with Crippen LogP contribution in [0.1, 0.15) is 60.7 Å². The van der Waals surface area contributed by atoms with E-state index in [0.717, 1.165) is 42.2 Å². The highest BCUT2D eigenvalue weighted by molar-refractivity contribution is 5.23. The maximum atomic E-state index is 13.4. The zero-order chi connectivity index (χ0) is 17.2. The second-order valence-corrected chi connectivity index (χ2v) is 7.24. The molecule has 1 fully saturated rings. The summed E-state index contributed by atoms with van der Waals surface area (Å²) in [4.78, 5) is 11.7. The Hall–Kier alpha value is -1.88. The SMILES string of the molecule is Fc1ccc(CN2CCc3nc(C4CCCCC4)ncc3C2)cc1F. The monoisotopic (exact) mass is 343 g/mol. The van der Waals surface area contributed by atoms with E-state index in [1.807, 2.05) is 6.20 Å². The van der Waals surface area contributed by atoms with Gasteiger partial charge in [-0.05, 0) is 30.5 Å². The molecule has 3 nitrogen and oxygen atoms in total. The number of hydrogen-bond donors (Lipinski definition) is 0. The Labute approximate surface area is 147 Å². The largest absolute Gasteiger partial charge is 0.294 e. The van der Waals surface area contributed by atoms with Crippen LogP contribution < -0.4 is 0 Å².